The number of carboxylic acids is 1. The van der Waals surface area contributed by atoms with Crippen LogP contribution in [0.5, 0.6) is 0 Å². The molecule has 2 unspecified atom stereocenters. The molecule has 2 aromatic rings. The molecule has 1 aliphatic heterocycles. The van der Waals surface area contributed by atoms with Crippen LogP contribution in [0.2, 0.25) is 0 Å². The van der Waals surface area contributed by atoms with Crippen molar-refractivity contribution in [2.24, 2.45) is 0 Å². The highest BCUT2D eigenvalue weighted by Gasteiger charge is 2.38. The minimum absolute atomic E-state index is 0.0927. The molecule has 1 aliphatic rings. The average Bonchev–Trinajstić information content (AvgIpc) is 3.12. The molecule has 1 saturated heterocycles. The van der Waals surface area contributed by atoms with Crippen molar-refractivity contribution in [2.45, 2.75) is 24.9 Å². The Morgan fingerprint density at radius 1 is 1.53 bits per heavy atom. The van der Waals surface area contributed by atoms with Gasteiger partial charge in [0.1, 0.15) is 11.8 Å². The lowest BCUT2D eigenvalue weighted by Gasteiger charge is -2.29. The van der Waals surface area contributed by atoms with E-state index in [9.17, 15) is 9.90 Å². The van der Waals surface area contributed by atoms with Crippen molar-refractivity contribution >= 4 is 17.3 Å². The zero-order valence-corrected chi connectivity index (χ0v) is 11.2. The summed E-state index contributed by atoms with van der Waals surface area (Å²) in [5, 5.41) is 13.4. The summed E-state index contributed by atoms with van der Waals surface area (Å²) in [5.41, 5.74) is 1.10. The highest BCUT2D eigenvalue weighted by atomic mass is 32.1. The molecule has 5 heteroatoms. The van der Waals surface area contributed by atoms with E-state index in [1.807, 2.05) is 28.5 Å². The maximum atomic E-state index is 11.4. The molecule has 1 N–H and O–H groups in total. The van der Waals surface area contributed by atoms with Crippen molar-refractivity contribution in [1.82, 2.24) is 4.90 Å². The molecule has 0 saturated carbocycles. The van der Waals surface area contributed by atoms with Gasteiger partial charge in [-0.2, -0.15) is 11.3 Å². The molecule has 0 bridgehead atoms. The Morgan fingerprint density at radius 3 is 3.05 bits per heavy atom. The van der Waals surface area contributed by atoms with Gasteiger partial charge in [0, 0.05) is 6.54 Å². The molecule has 100 valence electrons. The highest BCUT2D eigenvalue weighted by Crippen LogP contribution is 2.35. The van der Waals surface area contributed by atoms with Gasteiger partial charge in [0.15, 0.2) is 0 Å². The predicted octanol–water partition coefficient (Wildman–Crippen LogP) is 2.98. The van der Waals surface area contributed by atoms with Crippen LogP contribution in [0, 0.1) is 0 Å². The molecule has 1 fully saturated rings. The van der Waals surface area contributed by atoms with Crippen LogP contribution in [-0.2, 0) is 4.79 Å². The van der Waals surface area contributed by atoms with Crippen molar-refractivity contribution in [3.8, 4) is 0 Å². The molecule has 0 aromatic carbocycles. The Balaban J connectivity index is 1.98. The lowest BCUT2D eigenvalue weighted by Crippen LogP contribution is -2.39. The third kappa shape index (κ3) is 2.31. The van der Waals surface area contributed by atoms with E-state index >= 15 is 0 Å². The molecule has 2 atom stereocenters. The summed E-state index contributed by atoms with van der Waals surface area (Å²) in [7, 11) is 0. The van der Waals surface area contributed by atoms with Crippen molar-refractivity contribution in [1.29, 1.82) is 0 Å². The summed E-state index contributed by atoms with van der Waals surface area (Å²) in [6.07, 6.45) is 3.26. The number of carboxylic acid groups (broad SMARTS) is 1. The summed E-state index contributed by atoms with van der Waals surface area (Å²) >= 11 is 1.62. The van der Waals surface area contributed by atoms with Crippen molar-refractivity contribution in [3.63, 3.8) is 0 Å². The minimum Gasteiger partial charge on any atom is -0.480 e. The molecule has 0 radical (unpaired) electrons. The van der Waals surface area contributed by atoms with Crippen molar-refractivity contribution < 1.29 is 14.3 Å². The standard InChI is InChI=1S/C14H15NO3S/c16-14(17)11-3-1-6-15(11)13(10-5-8-19-9-10)12-4-2-7-18-12/h2,4-5,7-9,11,13H,1,3,6H2,(H,16,17). The minimum atomic E-state index is -0.746. The fraction of sp³-hybridized carbons (Fsp3) is 0.357. The quantitative estimate of drug-likeness (QED) is 0.933. The van der Waals surface area contributed by atoms with E-state index in [1.165, 1.54) is 0 Å². The lowest BCUT2D eigenvalue weighted by molar-refractivity contribution is -0.142. The van der Waals surface area contributed by atoms with E-state index in [0.717, 1.165) is 24.3 Å². The zero-order chi connectivity index (χ0) is 13.2. The van der Waals surface area contributed by atoms with E-state index < -0.39 is 12.0 Å². The molecule has 0 aliphatic carbocycles. The molecule has 3 rings (SSSR count). The van der Waals surface area contributed by atoms with E-state index in [0.29, 0.717) is 6.42 Å². The van der Waals surface area contributed by atoms with Crippen LogP contribution in [0.3, 0.4) is 0 Å². The van der Waals surface area contributed by atoms with Crippen LogP contribution in [0.25, 0.3) is 0 Å². The SMILES string of the molecule is O=C(O)C1CCCN1C(c1ccsc1)c1ccco1. The van der Waals surface area contributed by atoms with Gasteiger partial charge in [0.25, 0.3) is 0 Å². The molecular formula is C14H15NO3S. The normalized spacial score (nSPS) is 21.6. The molecular weight excluding hydrogens is 262 g/mol. The molecule has 0 amide bonds. The van der Waals surface area contributed by atoms with Crippen LogP contribution in [0.4, 0.5) is 0 Å². The number of aliphatic carboxylic acids is 1. The highest BCUT2D eigenvalue weighted by molar-refractivity contribution is 7.08. The summed E-state index contributed by atoms with van der Waals surface area (Å²) < 4.78 is 5.53. The van der Waals surface area contributed by atoms with Crippen LogP contribution in [-0.4, -0.2) is 28.6 Å². The van der Waals surface area contributed by atoms with Crippen LogP contribution < -0.4 is 0 Å². The first-order chi connectivity index (χ1) is 9.27. The monoisotopic (exact) mass is 277 g/mol. The average molecular weight is 277 g/mol. The number of rotatable bonds is 4. The van der Waals surface area contributed by atoms with Gasteiger partial charge < -0.3 is 9.52 Å². The maximum Gasteiger partial charge on any atom is 0.320 e. The Hall–Kier alpha value is -1.59. The fourth-order valence-electron chi connectivity index (χ4n) is 2.76. The first kappa shape index (κ1) is 12.4. The van der Waals surface area contributed by atoms with E-state index in [1.54, 1.807) is 17.6 Å². The topological polar surface area (TPSA) is 53.7 Å². The first-order valence-corrected chi connectivity index (χ1v) is 7.25. The lowest BCUT2D eigenvalue weighted by atomic mass is 10.1. The Bertz CT molecular complexity index is 501. The molecule has 0 spiro atoms. The molecule has 3 heterocycles. The van der Waals surface area contributed by atoms with Gasteiger partial charge in [-0.05, 0) is 47.4 Å². The summed E-state index contributed by atoms with van der Waals surface area (Å²) in [5.74, 6) is 0.0656. The molecule has 4 nitrogen and oxygen atoms in total. The van der Waals surface area contributed by atoms with Gasteiger partial charge in [-0.25, -0.2) is 0 Å². The van der Waals surface area contributed by atoms with Crippen LogP contribution >= 0.6 is 11.3 Å². The smallest absolute Gasteiger partial charge is 0.320 e. The van der Waals surface area contributed by atoms with Gasteiger partial charge in [0.2, 0.25) is 0 Å². The second kappa shape index (κ2) is 5.19. The molecule has 2 aromatic heterocycles. The third-order valence-corrected chi connectivity index (χ3v) is 4.28. The number of hydrogen-bond acceptors (Lipinski definition) is 4. The van der Waals surface area contributed by atoms with Crippen LogP contribution in [0.15, 0.2) is 39.6 Å². The van der Waals surface area contributed by atoms with Crippen molar-refractivity contribution in [3.05, 3.63) is 46.5 Å². The zero-order valence-electron chi connectivity index (χ0n) is 10.4. The second-order valence-electron chi connectivity index (χ2n) is 4.71. The van der Waals surface area contributed by atoms with Gasteiger partial charge >= 0.3 is 5.97 Å². The fourth-order valence-corrected chi connectivity index (χ4v) is 3.44. The van der Waals surface area contributed by atoms with Crippen LogP contribution in [0.1, 0.15) is 30.2 Å². The van der Waals surface area contributed by atoms with Gasteiger partial charge in [-0.15, -0.1) is 0 Å². The largest absolute Gasteiger partial charge is 0.480 e. The number of nitrogens with zero attached hydrogens (tertiary/aromatic N) is 1. The van der Waals surface area contributed by atoms with Crippen molar-refractivity contribution in [2.75, 3.05) is 6.54 Å². The second-order valence-corrected chi connectivity index (χ2v) is 5.49. The summed E-state index contributed by atoms with van der Waals surface area (Å²) in [6.45, 7) is 0.790. The number of hydrogen-bond donors (Lipinski definition) is 1. The van der Waals surface area contributed by atoms with Gasteiger partial charge in [-0.1, -0.05) is 0 Å². The van der Waals surface area contributed by atoms with E-state index in [2.05, 4.69) is 5.38 Å². The third-order valence-electron chi connectivity index (χ3n) is 3.58. The number of likely N-dealkylation sites (tertiary alicyclic amines) is 1. The summed E-state index contributed by atoms with van der Waals surface area (Å²) in [4.78, 5) is 13.4. The van der Waals surface area contributed by atoms with E-state index in [-0.39, 0.29) is 6.04 Å². The summed E-state index contributed by atoms with van der Waals surface area (Å²) in [6, 6.07) is 5.29. The Morgan fingerprint density at radius 2 is 2.42 bits per heavy atom. The van der Waals surface area contributed by atoms with Gasteiger partial charge in [-0.3, -0.25) is 9.69 Å². The first-order valence-electron chi connectivity index (χ1n) is 6.31. The Kier molecular flexibility index (Phi) is 3.40. The van der Waals surface area contributed by atoms with E-state index in [4.69, 9.17) is 4.42 Å². The van der Waals surface area contributed by atoms with Gasteiger partial charge in [0.05, 0.1) is 12.3 Å². The molecule has 19 heavy (non-hydrogen) atoms. The number of thiophene rings is 1. The number of carbonyl (C=O) groups is 1. The number of furan rings is 1. The Labute approximate surface area is 115 Å². The maximum absolute atomic E-state index is 11.4. The predicted molar refractivity (Wildman–Crippen MR) is 72.2 cm³/mol.